The fourth-order valence-corrected chi connectivity index (χ4v) is 2.46. The van der Waals surface area contributed by atoms with Gasteiger partial charge < -0.3 is 25.0 Å². The summed E-state index contributed by atoms with van der Waals surface area (Å²) in [6, 6.07) is 24.8. The van der Waals surface area contributed by atoms with Crippen LogP contribution in [-0.2, 0) is 16.0 Å². The zero-order valence-electron chi connectivity index (χ0n) is 19.2. The van der Waals surface area contributed by atoms with Gasteiger partial charge in [-0.2, -0.15) is 0 Å². The number of amides is 1. The number of carboxylic acid groups (broad SMARTS) is 1. The van der Waals surface area contributed by atoms with E-state index in [1.165, 1.54) is 5.56 Å². The molecule has 0 aliphatic heterocycles. The molecule has 0 heterocycles. The van der Waals surface area contributed by atoms with Crippen molar-refractivity contribution in [2.45, 2.75) is 19.8 Å². The van der Waals surface area contributed by atoms with Gasteiger partial charge in [-0.1, -0.05) is 48.0 Å². The van der Waals surface area contributed by atoms with Crippen LogP contribution in [0.1, 0.15) is 17.5 Å². The first kappa shape index (κ1) is 27.2. The molecule has 0 spiro atoms. The molecule has 3 aromatic rings. The zero-order chi connectivity index (χ0) is 24.5. The molecular formula is C26H31NO6. The highest BCUT2D eigenvalue weighted by atomic mass is 16.5. The van der Waals surface area contributed by atoms with E-state index < -0.39 is 5.97 Å². The second-order valence-electron chi connectivity index (χ2n) is 6.73. The van der Waals surface area contributed by atoms with E-state index in [2.05, 4.69) is 12.2 Å². The van der Waals surface area contributed by atoms with Gasteiger partial charge in [0.15, 0.2) is 6.61 Å². The molecule has 0 aromatic heterocycles. The Balaban J connectivity index is 0.000000311. The summed E-state index contributed by atoms with van der Waals surface area (Å²) in [6.45, 7) is 2.04. The minimum absolute atomic E-state index is 0.0228. The van der Waals surface area contributed by atoms with Crippen LogP contribution in [-0.4, -0.2) is 42.9 Å². The van der Waals surface area contributed by atoms with Crippen LogP contribution in [0.4, 0.5) is 0 Å². The van der Waals surface area contributed by atoms with Crippen molar-refractivity contribution < 1.29 is 29.3 Å². The monoisotopic (exact) mass is 453 g/mol. The molecule has 0 unspecified atom stereocenters. The van der Waals surface area contributed by atoms with E-state index >= 15 is 0 Å². The summed E-state index contributed by atoms with van der Waals surface area (Å²) in [5.74, 6) is 1.33. The Morgan fingerprint density at radius 3 is 1.91 bits per heavy atom. The molecular weight excluding hydrogens is 422 g/mol. The summed E-state index contributed by atoms with van der Waals surface area (Å²) in [4.78, 5) is 21.3. The Labute approximate surface area is 194 Å². The van der Waals surface area contributed by atoms with Gasteiger partial charge in [-0.25, -0.2) is 0 Å². The number of aryl methyl sites for hydroxylation is 2. The van der Waals surface area contributed by atoms with Crippen LogP contribution >= 0.6 is 0 Å². The number of hydrogen-bond acceptors (Lipinski definition) is 5. The number of rotatable bonds is 8. The van der Waals surface area contributed by atoms with Crippen LogP contribution in [0.3, 0.4) is 0 Å². The normalized spacial score (nSPS) is 9.33. The number of nitrogens with one attached hydrogen (secondary N) is 1. The summed E-state index contributed by atoms with van der Waals surface area (Å²) in [6.07, 6.45) is 0.601. The van der Waals surface area contributed by atoms with E-state index in [0.717, 1.165) is 24.2 Å². The summed E-state index contributed by atoms with van der Waals surface area (Å²) in [5.41, 5.74) is 2.17. The predicted octanol–water partition coefficient (Wildman–Crippen LogP) is 4.22. The van der Waals surface area contributed by atoms with Gasteiger partial charge in [0.2, 0.25) is 0 Å². The molecule has 1 amide bonds. The molecule has 0 fully saturated rings. The average molecular weight is 454 g/mol. The first-order chi connectivity index (χ1) is 16.0. The molecule has 0 saturated carbocycles. The first-order valence-electron chi connectivity index (χ1n) is 10.3. The molecule has 3 rings (SSSR count). The number of carbonyl (C=O) groups is 2. The Kier molecular flexibility index (Phi) is 13.1. The van der Waals surface area contributed by atoms with Gasteiger partial charge in [0.1, 0.15) is 17.2 Å². The molecule has 176 valence electrons. The number of carboxylic acids is 1. The molecule has 7 heteroatoms. The second kappa shape index (κ2) is 15.9. The fourth-order valence-electron chi connectivity index (χ4n) is 2.46. The van der Waals surface area contributed by atoms with E-state index in [9.17, 15) is 9.59 Å². The van der Waals surface area contributed by atoms with Crippen LogP contribution in [0.5, 0.6) is 17.2 Å². The molecule has 0 radical (unpaired) electrons. The lowest BCUT2D eigenvalue weighted by molar-refractivity contribution is -0.137. The largest absolute Gasteiger partial charge is 0.484 e. The van der Waals surface area contributed by atoms with Gasteiger partial charge >= 0.3 is 5.97 Å². The van der Waals surface area contributed by atoms with Crippen molar-refractivity contribution in [1.82, 2.24) is 5.32 Å². The lowest BCUT2D eigenvalue weighted by Crippen LogP contribution is -2.24. The highest BCUT2D eigenvalue weighted by Crippen LogP contribution is 2.20. The fraction of sp³-hybridized carbons (Fsp3) is 0.231. The number of aliphatic hydroxyl groups excluding tert-OH is 1. The topological polar surface area (TPSA) is 105 Å². The maximum atomic E-state index is 10.9. The van der Waals surface area contributed by atoms with E-state index in [1.807, 2.05) is 54.6 Å². The van der Waals surface area contributed by atoms with E-state index in [-0.39, 0.29) is 18.9 Å². The zero-order valence-corrected chi connectivity index (χ0v) is 19.2. The summed E-state index contributed by atoms with van der Waals surface area (Å²) in [7, 11) is 2.54. The van der Waals surface area contributed by atoms with Crippen LogP contribution in [0.2, 0.25) is 0 Å². The number of likely N-dealkylation sites (N-methyl/N-ethyl adjacent to an activating group) is 1. The van der Waals surface area contributed by atoms with Crippen molar-refractivity contribution in [3.8, 4) is 17.2 Å². The second-order valence-corrected chi connectivity index (χ2v) is 6.73. The van der Waals surface area contributed by atoms with Crippen LogP contribution < -0.4 is 14.8 Å². The number of aliphatic carboxylic acids is 1. The number of ether oxygens (including phenoxy) is 2. The van der Waals surface area contributed by atoms with Crippen molar-refractivity contribution in [3.05, 3.63) is 90.0 Å². The molecule has 3 N–H and O–H groups in total. The highest BCUT2D eigenvalue weighted by Gasteiger charge is 2.02. The minimum atomic E-state index is -0.815. The Morgan fingerprint density at radius 2 is 1.36 bits per heavy atom. The van der Waals surface area contributed by atoms with Crippen LogP contribution in [0, 0.1) is 6.92 Å². The smallest absolute Gasteiger partial charge is 0.303 e. The van der Waals surface area contributed by atoms with E-state index in [4.69, 9.17) is 19.7 Å². The molecule has 3 aromatic carbocycles. The maximum absolute atomic E-state index is 10.9. The molecule has 0 atom stereocenters. The third kappa shape index (κ3) is 11.9. The summed E-state index contributed by atoms with van der Waals surface area (Å²) >= 11 is 0. The molecule has 7 nitrogen and oxygen atoms in total. The lowest BCUT2D eigenvalue weighted by Gasteiger charge is -2.05. The quantitative estimate of drug-likeness (QED) is 0.472. The van der Waals surface area contributed by atoms with Gasteiger partial charge in [-0.05, 0) is 55.3 Å². The third-order valence-corrected chi connectivity index (χ3v) is 4.20. The Morgan fingerprint density at radius 1 is 0.818 bits per heavy atom. The molecule has 0 aliphatic carbocycles. The predicted molar refractivity (Wildman–Crippen MR) is 128 cm³/mol. The number of hydrogen-bond donors (Lipinski definition) is 3. The maximum Gasteiger partial charge on any atom is 0.303 e. The van der Waals surface area contributed by atoms with Gasteiger partial charge in [-0.15, -0.1) is 0 Å². The van der Waals surface area contributed by atoms with Crippen molar-refractivity contribution in [2.24, 2.45) is 0 Å². The number of para-hydroxylation sites is 1. The van der Waals surface area contributed by atoms with Gasteiger partial charge in [-0.3, -0.25) is 9.59 Å². The Bertz CT molecular complexity index is 941. The van der Waals surface area contributed by atoms with Crippen molar-refractivity contribution in [1.29, 1.82) is 0 Å². The van der Waals surface area contributed by atoms with Crippen LogP contribution in [0.15, 0.2) is 78.9 Å². The van der Waals surface area contributed by atoms with Crippen LogP contribution in [0.25, 0.3) is 0 Å². The molecule has 0 saturated heterocycles. The number of carbonyl (C=O) groups excluding carboxylic acids is 1. The highest BCUT2D eigenvalue weighted by molar-refractivity contribution is 5.77. The minimum Gasteiger partial charge on any atom is -0.484 e. The van der Waals surface area contributed by atoms with E-state index in [0.29, 0.717) is 12.2 Å². The van der Waals surface area contributed by atoms with Gasteiger partial charge in [0.25, 0.3) is 5.91 Å². The van der Waals surface area contributed by atoms with Crippen molar-refractivity contribution >= 4 is 11.9 Å². The summed E-state index contributed by atoms with van der Waals surface area (Å²) in [5, 5.41) is 18.0. The molecule has 33 heavy (non-hydrogen) atoms. The van der Waals surface area contributed by atoms with Gasteiger partial charge in [0, 0.05) is 20.6 Å². The van der Waals surface area contributed by atoms with Crippen molar-refractivity contribution in [2.75, 3.05) is 20.8 Å². The molecule has 0 bridgehead atoms. The third-order valence-electron chi connectivity index (χ3n) is 4.20. The number of aliphatic hydroxyl groups is 1. The Hall–Kier alpha value is -3.84. The average Bonchev–Trinajstić information content (AvgIpc) is 2.85. The van der Waals surface area contributed by atoms with Gasteiger partial charge in [0.05, 0.1) is 0 Å². The standard InChI is InChI=1S/C13H12O.C12H15NO4.CH4O/c1-11-7-9-13(10-8-11)14-12-5-3-2-4-6-12;1-13-11(14)8-17-10-5-2-9(3-6-10)4-7-12(15)16;1-2/h2-10H,1H3;2-3,5-6H,4,7-8H2,1H3,(H,13,14)(H,15,16);2H,1H3. The molecule has 0 aliphatic rings. The lowest BCUT2D eigenvalue weighted by atomic mass is 10.1. The SMILES string of the molecule is CNC(=O)COc1ccc(CCC(=O)O)cc1.CO.Cc1ccc(Oc2ccccc2)cc1. The summed E-state index contributed by atoms with van der Waals surface area (Å²) < 4.78 is 10.8. The van der Waals surface area contributed by atoms with E-state index in [1.54, 1.807) is 31.3 Å². The first-order valence-corrected chi connectivity index (χ1v) is 10.3. The van der Waals surface area contributed by atoms with Crippen molar-refractivity contribution in [3.63, 3.8) is 0 Å². The number of benzene rings is 3.